The van der Waals surface area contributed by atoms with Gasteiger partial charge < -0.3 is 25.3 Å². The van der Waals surface area contributed by atoms with Gasteiger partial charge in [0.05, 0.1) is 25.0 Å². The van der Waals surface area contributed by atoms with Gasteiger partial charge in [0, 0.05) is 55.7 Å². The molecule has 3 N–H and O–H groups in total. The van der Waals surface area contributed by atoms with Crippen molar-refractivity contribution in [2.75, 3.05) is 13.7 Å². The molecule has 0 spiro atoms. The van der Waals surface area contributed by atoms with E-state index in [0.717, 1.165) is 89.1 Å². The minimum absolute atomic E-state index is 0.0582. The first-order chi connectivity index (χ1) is 26.3. The van der Waals surface area contributed by atoms with Crippen molar-refractivity contribution < 1.29 is 19.1 Å². The third-order valence-electron chi connectivity index (χ3n) is 11.1. The van der Waals surface area contributed by atoms with Gasteiger partial charge in [0.2, 0.25) is 11.8 Å². The molecule has 7 rings (SSSR count). The molecule has 11 nitrogen and oxygen atoms in total. The summed E-state index contributed by atoms with van der Waals surface area (Å²) in [6.45, 7) is 4.97. The van der Waals surface area contributed by atoms with Crippen molar-refractivity contribution in [2.24, 2.45) is 16.8 Å². The highest BCUT2D eigenvalue weighted by Gasteiger charge is 2.38. The lowest BCUT2D eigenvalue weighted by Gasteiger charge is -2.31. The standard InChI is InChI=1S/C43H49N7O4/c1-27(2)39(49-43(53)54-3)42(52)50-21-7-11-38(50)36-22-33(25-45-36)31-14-12-29(13-15-31)30-16-18-32(19-17-30)37-26-46-40(48-37)34-9-4-5-10-35(34)41(51)47-24-28-8-6-20-44-23-28/h6,8,12-20,23,25-27,34-35,38-39H,4-5,7,9-11,21-22,24H2,1-3H3,(H,46,48)(H,47,51)(H,49,53)/t34-,35-,38-,39-/m0/s1. The zero-order valence-corrected chi connectivity index (χ0v) is 31.3. The third kappa shape index (κ3) is 8.15. The van der Waals surface area contributed by atoms with Gasteiger partial charge in [0.1, 0.15) is 11.9 Å². The number of H-pyrrole nitrogens is 1. The Labute approximate surface area is 316 Å². The smallest absolute Gasteiger partial charge is 0.407 e. The summed E-state index contributed by atoms with van der Waals surface area (Å²) in [5.74, 6) is 0.735. The maximum Gasteiger partial charge on any atom is 0.407 e. The van der Waals surface area contributed by atoms with Crippen LogP contribution in [0.5, 0.6) is 0 Å². The number of carbonyl (C=O) groups is 3. The lowest BCUT2D eigenvalue weighted by molar-refractivity contribution is -0.134. The largest absolute Gasteiger partial charge is 0.453 e. The number of allylic oxidation sites excluding steroid dienone is 1. The van der Waals surface area contributed by atoms with Crippen LogP contribution >= 0.6 is 0 Å². The molecule has 4 atom stereocenters. The topological polar surface area (TPSA) is 142 Å². The zero-order valence-electron chi connectivity index (χ0n) is 31.3. The van der Waals surface area contributed by atoms with Gasteiger partial charge in [-0.05, 0) is 71.1 Å². The number of pyridine rings is 1. The van der Waals surface area contributed by atoms with Crippen LogP contribution in [0.4, 0.5) is 4.79 Å². The number of aromatic amines is 1. The van der Waals surface area contributed by atoms with E-state index >= 15 is 0 Å². The van der Waals surface area contributed by atoms with E-state index in [0.29, 0.717) is 19.5 Å². The highest BCUT2D eigenvalue weighted by Crippen LogP contribution is 2.38. The van der Waals surface area contributed by atoms with E-state index in [2.05, 4.69) is 69.1 Å². The van der Waals surface area contributed by atoms with E-state index in [1.807, 2.05) is 43.3 Å². The molecule has 54 heavy (non-hydrogen) atoms. The normalized spacial score (nSPS) is 20.3. The molecule has 2 aliphatic heterocycles. The summed E-state index contributed by atoms with van der Waals surface area (Å²) < 4.78 is 4.77. The molecule has 4 aromatic rings. The quantitative estimate of drug-likeness (QED) is 0.148. The van der Waals surface area contributed by atoms with Crippen LogP contribution < -0.4 is 10.6 Å². The number of benzene rings is 2. The van der Waals surface area contributed by atoms with E-state index < -0.39 is 12.1 Å². The lowest BCUT2D eigenvalue weighted by Crippen LogP contribution is -2.53. The van der Waals surface area contributed by atoms with Crippen LogP contribution in [0.1, 0.15) is 81.7 Å². The van der Waals surface area contributed by atoms with E-state index in [4.69, 9.17) is 14.7 Å². The van der Waals surface area contributed by atoms with Gasteiger partial charge in [-0.3, -0.25) is 19.6 Å². The molecule has 3 aliphatic rings. The van der Waals surface area contributed by atoms with Crippen molar-refractivity contribution in [3.05, 3.63) is 102 Å². The van der Waals surface area contributed by atoms with Crippen molar-refractivity contribution in [3.8, 4) is 22.4 Å². The third-order valence-corrected chi connectivity index (χ3v) is 11.1. The fourth-order valence-electron chi connectivity index (χ4n) is 8.07. The summed E-state index contributed by atoms with van der Waals surface area (Å²) in [4.78, 5) is 57.9. The number of methoxy groups -OCH3 is 1. The number of imidazole rings is 1. The molecule has 2 fully saturated rings. The Morgan fingerprint density at radius 1 is 0.907 bits per heavy atom. The highest BCUT2D eigenvalue weighted by atomic mass is 16.5. The minimum atomic E-state index is -0.649. The molecule has 2 aromatic carbocycles. The van der Waals surface area contributed by atoms with Crippen LogP contribution in [0.15, 0.2) is 90.4 Å². The van der Waals surface area contributed by atoms with E-state index in [1.54, 1.807) is 12.4 Å². The summed E-state index contributed by atoms with van der Waals surface area (Å²) >= 11 is 0. The Kier molecular flexibility index (Phi) is 11.3. The summed E-state index contributed by atoms with van der Waals surface area (Å²) in [7, 11) is 1.31. The Morgan fingerprint density at radius 3 is 2.33 bits per heavy atom. The molecule has 280 valence electrons. The fourth-order valence-corrected chi connectivity index (χ4v) is 8.07. The van der Waals surface area contributed by atoms with Gasteiger partial charge in [-0.2, -0.15) is 0 Å². The monoisotopic (exact) mass is 727 g/mol. The summed E-state index contributed by atoms with van der Waals surface area (Å²) in [6, 6.07) is 20.1. The predicted octanol–water partition coefficient (Wildman–Crippen LogP) is 7.29. The first-order valence-electron chi connectivity index (χ1n) is 19.1. The van der Waals surface area contributed by atoms with E-state index in [1.165, 1.54) is 7.11 Å². The molecule has 3 amide bonds. The minimum Gasteiger partial charge on any atom is -0.453 e. The molecule has 0 bridgehead atoms. The second-order valence-corrected chi connectivity index (χ2v) is 14.9. The van der Waals surface area contributed by atoms with Gasteiger partial charge in [0.15, 0.2) is 0 Å². The van der Waals surface area contributed by atoms with Crippen molar-refractivity contribution in [1.29, 1.82) is 0 Å². The second kappa shape index (κ2) is 16.6. The number of aromatic nitrogens is 3. The Balaban J connectivity index is 0.958. The average Bonchev–Trinajstić information content (AvgIpc) is 4.01. The van der Waals surface area contributed by atoms with Crippen molar-refractivity contribution >= 4 is 29.2 Å². The van der Waals surface area contributed by atoms with Gasteiger partial charge in [0.25, 0.3) is 0 Å². The lowest BCUT2D eigenvalue weighted by atomic mass is 9.78. The molecule has 0 radical (unpaired) electrons. The number of amides is 3. The number of hydrogen-bond acceptors (Lipinski definition) is 7. The Hall–Kier alpha value is -5.58. The Bertz CT molecular complexity index is 2000. The van der Waals surface area contributed by atoms with Crippen LogP contribution in [0, 0.1) is 11.8 Å². The molecule has 0 unspecified atom stereocenters. The molecule has 2 aromatic heterocycles. The van der Waals surface area contributed by atoms with Crippen molar-refractivity contribution in [2.45, 2.75) is 83.3 Å². The zero-order chi connectivity index (χ0) is 37.6. The van der Waals surface area contributed by atoms with Crippen molar-refractivity contribution in [3.63, 3.8) is 0 Å². The van der Waals surface area contributed by atoms with Crippen LogP contribution in [0.25, 0.3) is 28.0 Å². The van der Waals surface area contributed by atoms with Gasteiger partial charge >= 0.3 is 6.09 Å². The number of nitrogens with zero attached hydrogens (tertiary/aromatic N) is 4. The summed E-state index contributed by atoms with van der Waals surface area (Å²) in [6.07, 6.45) is 13.1. The maximum absolute atomic E-state index is 13.6. The van der Waals surface area contributed by atoms with Gasteiger partial charge in [-0.1, -0.05) is 81.3 Å². The molecular formula is C43H49N7O4. The van der Waals surface area contributed by atoms with E-state index in [-0.39, 0.29) is 35.6 Å². The predicted molar refractivity (Wildman–Crippen MR) is 209 cm³/mol. The summed E-state index contributed by atoms with van der Waals surface area (Å²) in [5, 5.41) is 5.84. The number of carbonyl (C=O) groups excluding carboxylic acids is 3. The number of likely N-dealkylation sites (tertiary alicyclic amines) is 1. The van der Waals surface area contributed by atoms with Crippen LogP contribution in [-0.2, 0) is 20.9 Å². The number of ether oxygens (including phenoxy) is 1. The van der Waals surface area contributed by atoms with Crippen LogP contribution in [0.2, 0.25) is 0 Å². The molecule has 4 heterocycles. The number of aliphatic imine (C=N–C) groups is 1. The second-order valence-electron chi connectivity index (χ2n) is 14.9. The molecule has 1 saturated carbocycles. The number of rotatable bonds is 11. The number of hydrogen-bond donors (Lipinski definition) is 3. The molecular weight excluding hydrogens is 679 g/mol. The SMILES string of the molecule is COC(=O)N[C@H](C(=O)N1CCC[C@H]1C1=NC=C(c2ccc(-c3ccc(-c4cnc([C@H]5CCCC[C@@H]5C(=O)NCc5cccnc5)[nH]4)cc3)cc2)C1)C(C)C. The number of alkyl carbamates (subject to hydrolysis) is 1. The van der Waals surface area contributed by atoms with Crippen LogP contribution in [-0.4, -0.2) is 69.2 Å². The molecule has 1 saturated heterocycles. The number of nitrogens with one attached hydrogen (secondary N) is 3. The fraction of sp³-hybridized carbons (Fsp3) is 0.395. The summed E-state index contributed by atoms with van der Waals surface area (Å²) in [5.41, 5.74) is 8.42. The maximum atomic E-state index is 13.6. The average molecular weight is 728 g/mol. The Morgan fingerprint density at radius 2 is 1.63 bits per heavy atom. The van der Waals surface area contributed by atoms with Gasteiger partial charge in [-0.15, -0.1) is 0 Å². The van der Waals surface area contributed by atoms with E-state index in [9.17, 15) is 14.4 Å². The van der Waals surface area contributed by atoms with Gasteiger partial charge in [-0.25, -0.2) is 9.78 Å². The first-order valence-corrected chi connectivity index (χ1v) is 19.1. The first kappa shape index (κ1) is 36.8. The molecule has 11 heteroatoms. The highest BCUT2D eigenvalue weighted by molar-refractivity contribution is 6.04. The van der Waals surface area contributed by atoms with Crippen molar-refractivity contribution in [1.82, 2.24) is 30.5 Å². The van der Waals surface area contributed by atoms with Crippen LogP contribution in [0.3, 0.4) is 0 Å². The molecule has 1 aliphatic carbocycles.